The molecule has 1 heterocycles. The molecule has 0 saturated carbocycles. The number of carbonyl (C=O) groups excluding carboxylic acids is 1. The predicted octanol–water partition coefficient (Wildman–Crippen LogP) is 0.675. The lowest BCUT2D eigenvalue weighted by molar-refractivity contribution is -0.121. The first-order chi connectivity index (χ1) is 8.38. The number of nitrogens with zero attached hydrogens (tertiary/aromatic N) is 2. The lowest BCUT2D eigenvalue weighted by Gasteiger charge is -2.05. The monoisotopic (exact) mass is 291 g/mol. The van der Waals surface area contributed by atoms with Gasteiger partial charge < -0.3 is 9.88 Å². The molecule has 0 aromatic carbocycles. The second-order valence-electron chi connectivity index (χ2n) is 3.51. The third-order valence-corrected chi connectivity index (χ3v) is 3.33. The molecule has 0 saturated heterocycles. The maximum atomic E-state index is 11.5. The smallest absolute Gasteiger partial charge is 0.280 e. The molecule has 0 atom stereocenters. The van der Waals surface area contributed by atoms with Gasteiger partial charge in [0.15, 0.2) is 5.03 Å². The molecule has 0 bridgehead atoms. The Morgan fingerprint density at radius 2 is 2.33 bits per heavy atom. The SMILES string of the molecule is C=CCNC(=O)Cn1cc(S(=O)(=O)Cl)nc1CC. The molecule has 0 aliphatic carbocycles. The van der Waals surface area contributed by atoms with Crippen molar-refractivity contribution in [3.05, 3.63) is 24.7 Å². The van der Waals surface area contributed by atoms with E-state index in [4.69, 9.17) is 10.7 Å². The molecule has 0 unspecified atom stereocenters. The number of rotatable bonds is 6. The highest BCUT2D eigenvalue weighted by Gasteiger charge is 2.18. The van der Waals surface area contributed by atoms with E-state index in [-0.39, 0.29) is 17.5 Å². The van der Waals surface area contributed by atoms with Gasteiger partial charge in [0.2, 0.25) is 5.91 Å². The summed E-state index contributed by atoms with van der Waals surface area (Å²) in [6, 6.07) is 0. The Labute approximate surface area is 110 Å². The minimum Gasteiger partial charge on any atom is -0.351 e. The Morgan fingerprint density at radius 1 is 1.67 bits per heavy atom. The van der Waals surface area contributed by atoms with Crippen molar-refractivity contribution in [3.8, 4) is 0 Å². The van der Waals surface area contributed by atoms with Crippen LogP contribution in [0.15, 0.2) is 23.9 Å². The number of carbonyl (C=O) groups is 1. The Balaban J connectivity index is 2.91. The number of aromatic nitrogens is 2. The number of nitrogens with one attached hydrogen (secondary N) is 1. The van der Waals surface area contributed by atoms with Gasteiger partial charge in [0.1, 0.15) is 12.4 Å². The topological polar surface area (TPSA) is 81.1 Å². The zero-order valence-corrected chi connectivity index (χ0v) is 11.5. The highest BCUT2D eigenvalue weighted by Crippen LogP contribution is 2.14. The molecule has 0 aliphatic heterocycles. The number of halogens is 1. The lowest BCUT2D eigenvalue weighted by atomic mass is 10.4. The summed E-state index contributed by atoms with van der Waals surface area (Å²) in [5.41, 5.74) is 0. The fourth-order valence-corrected chi connectivity index (χ4v) is 2.05. The summed E-state index contributed by atoms with van der Waals surface area (Å²) < 4.78 is 23.8. The van der Waals surface area contributed by atoms with Crippen LogP contribution in [0.25, 0.3) is 0 Å². The van der Waals surface area contributed by atoms with E-state index < -0.39 is 9.05 Å². The Morgan fingerprint density at radius 3 is 2.83 bits per heavy atom. The van der Waals surface area contributed by atoms with Crippen LogP contribution >= 0.6 is 10.7 Å². The Bertz CT molecular complexity index is 551. The van der Waals surface area contributed by atoms with Crippen molar-refractivity contribution in [2.24, 2.45) is 0 Å². The molecule has 0 fully saturated rings. The van der Waals surface area contributed by atoms with Crippen LogP contribution in [0.3, 0.4) is 0 Å². The van der Waals surface area contributed by atoms with Crippen LogP contribution in [0.1, 0.15) is 12.7 Å². The second kappa shape index (κ2) is 6.01. The van der Waals surface area contributed by atoms with Crippen LogP contribution < -0.4 is 5.32 Å². The highest BCUT2D eigenvalue weighted by atomic mass is 35.7. The van der Waals surface area contributed by atoms with Gasteiger partial charge in [-0.15, -0.1) is 6.58 Å². The average molecular weight is 292 g/mol. The summed E-state index contributed by atoms with van der Waals surface area (Å²) in [5.74, 6) is 0.239. The molecular formula is C10H14ClN3O3S. The molecule has 8 heteroatoms. The van der Waals surface area contributed by atoms with Gasteiger partial charge in [-0.3, -0.25) is 4.79 Å². The Hall–Kier alpha value is -1.34. The molecule has 6 nitrogen and oxygen atoms in total. The van der Waals surface area contributed by atoms with Gasteiger partial charge in [-0.1, -0.05) is 13.0 Å². The number of hydrogen-bond donors (Lipinski definition) is 1. The van der Waals surface area contributed by atoms with Crippen molar-refractivity contribution >= 4 is 25.6 Å². The summed E-state index contributed by atoms with van der Waals surface area (Å²) >= 11 is 0. The fourth-order valence-electron chi connectivity index (χ4n) is 1.36. The largest absolute Gasteiger partial charge is 0.351 e. The first-order valence-electron chi connectivity index (χ1n) is 5.26. The van der Waals surface area contributed by atoms with Gasteiger partial charge in [-0.25, -0.2) is 13.4 Å². The highest BCUT2D eigenvalue weighted by molar-refractivity contribution is 8.13. The standard InChI is InChI=1S/C10H14ClN3O3S/c1-3-5-12-9(15)6-14-7-10(18(11,16)17)13-8(14)4-2/h3,7H,1,4-6H2,2H3,(H,12,15). The van der Waals surface area contributed by atoms with Gasteiger partial charge >= 0.3 is 0 Å². The van der Waals surface area contributed by atoms with E-state index in [0.29, 0.717) is 18.8 Å². The van der Waals surface area contributed by atoms with Gasteiger partial charge in [-0.2, -0.15) is 0 Å². The average Bonchev–Trinajstić information content (AvgIpc) is 2.69. The molecule has 1 aromatic rings. The third kappa shape index (κ3) is 3.85. The molecule has 1 N–H and O–H groups in total. The first-order valence-corrected chi connectivity index (χ1v) is 7.57. The zero-order valence-electron chi connectivity index (χ0n) is 9.89. The lowest BCUT2D eigenvalue weighted by Crippen LogP contribution is -2.27. The van der Waals surface area contributed by atoms with E-state index in [1.54, 1.807) is 6.08 Å². The molecule has 1 amide bonds. The number of amides is 1. The van der Waals surface area contributed by atoms with Crippen molar-refractivity contribution in [1.82, 2.24) is 14.9 Å². The summed E-state index contributed by atoms with van der Waals surface area (Å²) in [5, 5.41) is 2.35. The van der Waals surface area contributed by atoms with E-state index >= 15 is 0 Å². The second-order valence-corrected chi connectivity index (χ2v) is 6.02. The number of imidazole rings is 1. The van der Waals surface area contributed by atoms with E-state index in [0.717, 1.165) is 0 Å². The normalized spacial score (nSPS) is 11.2. The predicted molar refractivity (Wildman–Crippen MR) is 67.9 cm³/mol. The van der Waals surface area contributed by atoms with E-state index in [1.807, 2.05) is 6.92 Å². The third-order valence-electron chi connectivity index (χ3n) is 2.16. The molecule has 18 heavy (non-hydrogen) atoms. The van der Waals surface area contributed by atoms with E-state index in [9.17, 15) is 13.2 Å². The Kier molecular flexibility index (Phi) is 4.92. The maximum absolute atomic E-state index is 11.5. The van der Waals surface area contributed by atoms with Crippen LogP contribution in [0.5, 0.6) is 0 Å². The van der Waals surface area contributed by atoms with Crippen molar-refractivity contribution in [1.29, 1.82) is 0 Å². The maximum Gasteiger partial charge on any atom is 0.280 e. The summed E-state index contributed by atoms with van der Waals surface area (Å²) in [4.78, 5) is 15.4. The van der Waals surface area contributed by atoms with E-state index in [2.05, 4.69) is 16.9 Å². The van der Waals surface area contributed by atoms with Crippen LogP contribution in [-0.4, -0.2) is 30.4 Å². The molecule has 0 spiro atoms. The van der Waals surface area contributed by atoms with Gasteiger partial charge in [0.25, 0.3) is 9.05 Å². The first kappa shape index (κ1) is 14.7. The van der Waals surface area contributed by atoms with Crippen LogP contribution in [-0.2, 0) is 26.8 Å². The fraction of sp³-hybridized carbons (Fsp3) is 0.400. The minimum atomic E-state index is -3.87. The molecule has 100 valence electrons. The van der Waals surface area contributed by atoms with Crippen molar-refractivity contribution in [2.45, 2.75) is 24.9 Å². The van der Waals surface area contributed by atoms with Crippen molar-refractivity contribution < 1.29 is 13.2 Å². The minimum absolute atomic E-state index is 0.00355. The molecule has 1 rings (SSSR count). The van der Waals surface area contributed by atoms with E-state index in [1.165, 1.54) is 10.8 Å². The van der Waals surface area contributed by atoms with Crippen molar-refractivity contribution in [2.75, 3.05) is 6.54 Å². The zero-order chi connectivity index (χ0) is 13.8. The van der Waals surface area contributed by atoms with Gasteiger partial charge in [0.05, 0.1) is 0 Å². The van der Waals surface area contributed by atoms with Gasteiger partial charge in [0, 0.05) is 29.8 Å². The quantitative estimate of drug-likeness (QED) is 0.617. The van der Waals surface area contributed by atoms with Gasteiger partial charge in [-0.05, 0) is 0 Å². The molecule has 0 radical (unpaired) electrons. The number of aryl methyl sites for hydroxylation is 1. The van der Waals surface area contributed by atoms with Crippen LogP contribution in [0.2, 0.25) is 0 Å². The summed E-state index contributed by atoms with van der Waals surface area (Å²) in [6.07, 6.45) is 3.32. The molecule has 0 aliphatic rings. The summed E-state index contributed by atoms with van der Waals surface area (Å²) in [7, 11) is 1.33. The van der Waals surface area contributed by atoms with Crippen LogP contribution in [0.4, 0.5) is 0 Å². The molecule has 1 aromatic heterocycles. The number of hydrogen-bond acceptors (Lipinski definition) is 4. The summed E-state index contributed by atoms with van der Waals surface area (Å²) in [6.45, 7) is 5.64. The van der Waals surface area contributed by atoms with Crippen molar-refractivity contribution in [3.63, 3.8) is 0 Å². The van der Waals surface area contributed by atoms with Crippen LogP contribution in [0, 0.1) is 0 Å². The molecular weight excluding hydrogens is 278 g/mol.